The van der Waals surface area contributed by atoms with E-state index in [2.05, 4.69) is 23.5 Å². The lowest BCUT2D eigenvalue weighted by Gasteiger charge is -2.06. The van der Waals surface area contributed by atoms with Crippen molar-refractivity contribution in [1.82, 2.24) is 5.32 Å². The molecule has 0 aliphatic rings. The van der Waals surface area contributed by atoms with Gasteiger partial charge in [-0.15, -0.1) is 0 Å². The first kappa shape index (κ1) is 13.2. The first-order valence-corrected chi connectivity index (χ1v) is 5.74. The molecule has 0 aliphatic heterocycles. The third-order valence-corrected chi connectivity index (χ3v) is 2.23. The molecule has 1 aromatic rings. The number of benzene rings is 1. The largest absolute Gasteiger partial charge is 0.377 e. The Bertz CT molecular complexity index is 289. The van der Waals surface area contributed by atoms with Gasteiger partial charge in [-0.2, -0.15) is 0 Å². The van der Waals surface area contributed by atoms with Gasteiger partial charge in [-0.1, -0.05) is 24.3 Å². The lowest BCUT2D eigenvalue weighted by Crippen LogP contribution is -2.14. The normalized spacial score (nSPS) is 10.6. The van der Waals surface area contributed by atoms with Crippen LogP contribution in [-0.4, -0.2) is 26.8 Å². The highest BCUT2D eigenvalue weighted by atomic mass is 16.5. The molecule has 0 saturated heterocycles. The predicted molar refractivity (Wildman–Crippen MR) is 65.4 cm³/mol. The van der Waals surface area contributed by atoms with E-state index in [1.165, 1.54) is 11.1 Å². The van der Waals surface area contributed by atoms with Gasteiger partial charge in [0.25, 0.3) is 0 Å². The second-order valence-electron chi connectivity index (χ2n) is 3.61. The summed E-state index contributed by atoms with van der Waals surface area (Å²) in [5.74, 6) is 0. The first-order chi connectivity index (χ1) is 7.86. The van der Waals surface area contributed by atoms with Crippen LogP contribution in [0.15, 0.2) is 24.3 Å². The van der Waals surface area contributed by atoms with E-state index in [0.717, 1.165) is 19.8 Å². The van der Waals surface area contributed by atoms with Crippen LogP contribution >= 0.6 is 0 Å². The fourth-order valence-electron chi connectivity index (χ4n) is 1.39. The fourth-order valence-corrected chi connectivity index (χ4v) is 1.39. The molecule has 0 unspecified atom stereocenters. The van der Waals surface area contributed by atoms with Gasteiger partial charge in [-0.25, -0.2) is 0 Å². The Labute approximate surface area is 97.8 Å². The zero-order chi connectivity index (χ0) is 11.6. The van der Waals surface area contributed by atoms with E-state index >= 15 is 0 Å². The highest BCUT2D eigenvalue weighted by molar-refractivity contribution is 5.22. The summed E-state index contributed by atoms with van der Waals surface area (Å²) in [6, 6.07) is 8.34. The summed E-state index contributed by atoms with van der Waals surface area (Å²) < 4.78 is 10.9. The van der Waals surface area contributed by atoms with E-state index in [1.54, 1.807) is 0 Å². The van der Waals surface area contributed by atoms with E-state index in [4.69, 9.17) is 9.47 Å². The van der Waals surface area contributed by atoms with E-state index in [0.29, 0.717) is 13.2 Å². The van der Waals surface area contributed by atoms with Crippen molar-refractivity contribution in [2.75, 3.05) is 26.8 Å². The van der Waals surface area contributed by atoms with Crippen molar-refractivity contribution in [3.63, 3.8) is 0 Å². The Hall–Kier alpha value is -0.900. The summed E-state index contributed by atoms with van der Waals surface area (Å²) in [6.07, 6.45) is 0. The summed E-state index contributed by atoms with van der Waals surface area (Å²) in [4.78, 5) is 0. The van der Waals surface area contributed by atoms with Crippen LogP contribution < -0.4 is 5.32 Å². The Morgan fingerprint density at radius 2 is 1.81 bits per heavy atom. The quantitative estimate of drug-likeness (QED) is 0.683. The molecule has 0 aliphatic carbocycles. The maximum atomic E-state index is 5.52. The second kappa shape index (κ2) is 8.28. The van der Waals surface area contributed by atoms with Crippen molar-refractivity contribution in [2.45, 2.75) is 20.1 Å². The minimum atomic E-state index is 0.668. The molecule has 0 radical (unpaired) electrons. The SMILES string of the molecule is CCOCc1cccc(COCCNC)c1. The molecule has 0 aromatic heterocycles. The standard InChI is InChI=1S/C13H21NO2/c1-3-15-10-12-5-4-6-13(9-12)11-16-8-7-14-2/h4-6,9,14H,3,7-8,10-11H2,1-2H3. The van der Waals surface area contributed by atoms with Gasteiger partial charge in [-0.05, 0) is 25.1 Å². The van der Waals surface area contributed by atoms with Crippen LogP contribution in [0.3, 0.4) is 0 Å². The molecular weight excluding hydrogens is 202 g/mol. The number of rotatable bonds is 8. The van der Waals surface area contributed by atoms with E-state index in [-0.39, 0.29) is 0 Å². The maximum Gasteiger partial charge on any atom is 0.0717 e. The number of nitrogens with one attached hydrogen (secondary N) is 1. The molecule has 0 amide bonds. The van der Waals surface area contributed by atoms with Crippen LogP contribution in [0.2, 0.25) is 0 Å². The molecular formula is C13H21NO2. The molecule has 16 heavy (non-hydrogen) atoms. The topological polar surface area (TPSA) is 30.5 Å². The molecule has 0 fully saturated rings. The maximum absolute atomic E-state index is 5.52. The van der Waals surface area contributed by atoms with Crippen molar-refractivity contribution in [3.05, 3.63) is 35.4 Å². The van der Waals surface area contributed by atoms with Crippen LogP contribution in [0.25, 0.3) is 0 Å². The zero-order valence-electron chi connectivity index (χ0n) is 10.2. The average molecular weight is 223 g/mol. The van der Waals surface area contributed by atoms with Crippen molar-refractivity contribution in [3.8, 4) is 0 Å². The minimum absolute atomic E-state index is 0.668. The Kier molecular flexibility index (Phi) is 6.81. The highest BCUT2D eigenvalue weighted by Crippen LogP contribution is 2.07. The van der Waals surface area contributed by atoms with Gasteiger partial charge in [0.15, 0.2) is 0 Å². The molecule has 3 nitrogen and oxygen atoms in total. The second-order valence-corrected chi connectivity index (χ2v) is 3.61. The van der Waals surface area contributed by atoms with Gasteiger partial charge in [0.2, 0.25) is 0 Å². The van der Waals surface area contributed by atoms with Crippen molar-refractivity contribution in [1.29, 1.82) is 0 Å². The Morgan fingerprint density at radius 3 is 2.44 bits per heavy atom. The number of hydrogen-bond acceptors (Lipinski definition) is 3. The lowest BCUT2D eigenvalue weighted by molar-refractivity contribution is 0.122. The van der Waals surface area contributed by atoms with Gasteiger partial charge in [-0.3, -0.25) is 0 Å². The first-order valence-electron chi connectivity index (χ1n) is 5.74. The van der Waals surface area contributed by atoms with Gasteiger partial charge in [0.05, 0.1) is 19.8 Å². The fraction of sp³-hybridized carbons (Fsp3) is 0.538. The van der Waals surface area contributed by atoms with Crippen LogP contribution in [0.5, 0.6) is 0 Å². The van der Waals surface area contributed by atoms with Crippen LogP contribution in [0.1, 0.15) is 18.1 Å². The van der Waals surface area contributed by atoms with E-state index < -0.39 is 0 Å². The van der Waals surface area contributed by atoms with Gasteiger partial charge >= 0.3 is 0 Å². The molecule has 3 heteroatoms. The summed E-state index contributed by atoms with van der Waals surface area (Å²) in [5.41, 5.74) is 2.41. The van der Waals surface area contributed by atoms with Crippen molar-refractivity contribution in [2.24, 2.45) is 0 Å². The number of hydrogen-bond donors (Lipinski definition) is 1. The monoisotopic (exact) mass is 223 g/mol. The van der Waals surface area contributed by atoms with Crippen LogP contribution in [0.4, 0.5) is 0 Å². The Morgan fingerprint density at radius 1 is 1.12 bits per heavy atom. The van der Waals surface area contributed by atoms with Gasteiger partial charge in [0, 0.05) is 13.2 Å². The smallest absolute Gasteiger partial charge is 0.0717 e. The predicted octanol–water partition coefficient (Wildman–Crippen LogP) is 1.96. The summed E-state index contributed by atoms with van der Waals surface area (Å²) in [7, 11) is 1.92. The third kappa shape index (κ3) is 5.26. The molecule has 0 saturated carbocycles. The lowest BCUT2D eigenvalue weighted by atomic mass is 10.1. The van der Waals surface area contributed by atoms with Crippen molar-refractivity contribution >= 4 is 0 Å². The molecule has 1 N–H and O–H groups in total. The Balaban J connectivity index is 2.35. The molecule has 0 atom stereocenters. The van der Waals surface area contributed by atoms with Gasteiger partial charge < -0.3 is 14.8 Å². The zero-order valence-corrected chi connectivity index (χ0v) is 10.2. The van der Waals surface area contributed by atoms with E-state index in [1.807, 2.05) is 20.0 Å². The van der Waals surface area contributed by atoms with Crippen LogP contribution in [0, 0.1) is 0 Å². The van der Waals surface area contributed by atoms with Crippen molar-refractivity contribution < 1.29 is 9.47 Å². The molecule has 1 aromatic carbocycles. The average Bonchev–Trinajstić information content (AvgIpc) is 2.33. The summed E-state index contributed by atoms with van der Waals surface area (Å²) >= 11 is 0. The third-order valence-electron chi connectivity index (χ3n) is 2.23. The molecule has 1 rings (SSSR count). The van der Waals surface area contributed by atoms with E-state index in [9.17, 15) is 0 Å². The molecule has 90 valence electrons. The van der Waals surface area contributed by atoms with Gasteiger partial charge in [0.1, 0.15) is 0 Å². The number of ether oxygens (including phenoxy) is 2. The summed E-state index contributed by atoms with van der Waals surface area (Å²) in [6.45, 7) is 5.74. The molecule has 0 heterocycles. The number of likely N-dealkylation sites (N-methyl/N-ethyl adjacent to an activating group) is 1. The highest BCUT2D eigenvalue weighted by Gasteiger charge is 1.96. The molecule has 0 spiro atoms. The minimum Gasteiger partial charge on any atom is -0.377 e. The van der Waals surface area contributed by atoms with Crippen LogP contribution in [-0.2, 0) is 22.7 Å². The summed E-state index contributed by atoms with van der Waals surface area (Å²) in [5, 5.41) is 3.05. The molecule has 0 bridgehead atoms.